The van der Waals surface area contributed by atoms with E-state index in [4.69, 9.17) is 14.2 Å². The van der Waals surface area contributed by atoms with Crippen LogP contribution in [0.4, 0.5) is 0 Å². The van der Waals surface area contributed by atoms with E-state index in [-0.39, 0.29) is 5.41 Å². The summed E-state index contributed by atoms with van der Waals surface area (Å²) in [6, 6.07) is 6.00. The van der Waals surface area contributed by atoms with Crippen LogP contribution >= 0.6 is 0 Å². The van der Waals surface area contributed by atoms with Gasteiger partial charge >= 0.3 is 0 Å². The molecule has 1 fully saturated rings. The molecule has 0 aromatic heterocycles. The van der Waals surface area contributed by atoms with Crippen LogP contribution in [0.25, 0.3) is 0 Å². The number of likely N-dealkylation sites (N-methyl/N-ethyl adjacent to an activating group) is 1. The summed E-state index contributed by atoms with van der Waals surface area (Å²) in [5, 5.41) is 3.22. The van der Waals surface area contributed by atoms with E-state index in [0.717, 1.165) is 31.3 Å². The molecule has 0 amide bonds. The topological polar surface area (TPSA) is 39.7 Å². The summed E-state index contributed by atoms with van der Waals surface area (Å²) in [6.45, 7) is 2.37. The van der Waals surface area contributed by atoms with Crippen LogP contribution in [0.3, 0.4) is 0 Å². The fourth-order valence-corrected chi connectivity index (χ4v) is 2.17. The zero-order valence-corrected chi connectivity index (χ0v) is 10.6. The van der Waals surface area contributed by atoms with Crippen LogP contribution in [0.2, 0.25) is 0 Å². The van der Waals surface area contributed by atoms with E-state index < -0.39 is 0 Å². The van der Waals surface area contributed by atoms with Gasteiger partial charge in [0.25, 0.3) is 0 Å². The van der Waals surface area contributed by atoms with E-state index in [9.17, 15) is 0 Å². The lowest BCUT2D eigenvalue weighted by atomic mass is 9.78. The molecule has 0 aliphatic carbocycles. The molecular weight excluding hydrogens is 218 g/mol. The fourth-order valence-electron chi connectivity index (χ4n) is 2.17. The lowest BCUT2D eigenvalue weighted by molar-refractivity contribution is -0.0583. The SMILES string of the molecule is CNCC1(c2cc(OC)cc(OC)c2)COC1. The normalized spacial score (nSPS) is 17.4. The average Bonchev–Trinajstić information content (AvgIpc) is 2.33. The first-order valence-electron chi connectivity index (χ1n) is 5.70. The number of ether oxygens (including phenoxy) is 3. The number of benzene rings is 1. The zero-order chi connectivity index (χ0) is 12.3. The largest absolute Gasteiger partial charge is 0.497 e. The van der Waals surface area contributed by atoms with Crippen molar-refractivity contribution >= 4 is 0 Å². The second kappa shape index (κ2) is 4.94. The summed E-state index contributed by atoms with van der Waals surface area (Å²) >= 11 is 0. The molecule has 4 nitrogen and oxygen atoms in total. The molecule has 0 spiro atoms. The molecule has 0 bridgehead atoms. The lowest BCUT2D eigenvalue weighted by Crippen LogP contribution is -2.52. The van der Waals surface area contributed by atoms with Crippen LogP contribution in [0.1, 0.15) is 5.56 Å². The molecule has 0 saturated carbocycles. The second-order valence-electron chi connectivity index (χ2n) is 4.40. The van der Waals surface area contributed by atoms with E-state index >= 15 is 0 Å². The molecule has 1 aliphatic heterocycles. The molecular formula is C13H19NO3. The van der Waals surface area contributed by atoms with Gasteiger partial charge in [-0.25, -0.2) is 0 Å². The van der Waals surface area contributed by atoms with Gasteiger partial charge < -0.3 is 19.5 Å². The highest BCUT2D eigenvalue weighted by molar-refractivity contribution is 5.43. The van der Waals surface area contributed by atoms with Crippen LogP contribution in [0.5, 0.6) is 11.5 Å². The fraction of sp³-hybridized carbons (Fsp3) is 0.538. The summed E-state index contributed by atoms with van der Waals surface area (Å²) in [5.41, 5.74) is 1.26. The second-order valence-corrected chi connectivity index (χ2v) is 4.40. The Balaban J connectivity index is 2.35. The predicted molar refractivity (Wildman–Crippen MR) is 66.0 cm³/mol. The zero-order valence-electron chi connectivity index (χ0n) is 10.6. The minimum absolute atomic E-state index is 0.0522. The van der Waals surface area contributed by atoms with E-state index in [1.165, 1.54) is 5.56 Å². The molecule has 1 N–H and O–H groups in total. The third kappa shape index (κ3) is 2.23. The van der Waals surface area contributed by atoms with Gasteiger partial charge in [0.15, 0.2) is 0 Å². The number of hydrogen-bond donors (Lipinski definition) is 1. The van der Waals surface area contributed by atoms with Crippen molar-refractivity contribution in [3.05, 3.63) is 23.8 Å². The van der Waals surface area contributed by atoms with Gasteiger partial charge in [-0.1, -0.05) is 0 Å². The number of methoxy groups -OCH3 is 2. The molecule has 1 aromatic carbocycles. The maximum absolute atomic E-state index is 5.37. The van der Waals surface area contributed by atoms with Crippen molar-refractivity contribution in [2.75, 3.05) is 41.0 Å². The molecule has 0 radical (unpaired) electrons. The van der Waals surface area contributed by atoms with Crippen LogP contribution in [0, 0.1) is 0 Å². The van der Waals surface area contributed by atoms with Crippen LogP contribution in [-0.4, -0.2) is 41.0 Å². The van der Waals surface area contributed by atoms with Crippen molar-refractivity contribution in [1.29, 1.82) is 0 Å². The molecule has 2 rings (SSSR count). The van der Waals surface area contributed by atoms with E-state index in [0.29, 0.717) is 0 Å². The van der Waals surface area contributed by atoms with Crippen molar-refractivity contribution in [2.45, 2.75) is 5.41 Å². The summed E-state index contributed by atoms with van der Waals surface area (Å²) in [4.78, 5) is 0. The van der Waals surface area contributed by atoms with Crippen LogP contribution < -0.4 is 14.8 Å². The van der Waals surface area contributed by atoms with E-state index in [1.54, 1.807) is 14.2 Å². The Bertz CT molecular complexity index is 366. The minimum Gasteiger partial charge on any atom is -0.497 e. The number of nitrogens with one attached hydrogen (secondary N) is 1. The Kier molecular flexibility index (Phi) is 3.54. The molecule has 17 heavy (non-hydrogen) atoms. The average molecular weight is 237 g/mol. The monoisotopic (exact) mass is 237 g/mol. The first kappa shape index (κ1) is 12.2. The maximum Gasteiger partial charge on any atom is 0.122 e. The van der Waals surface area contributed by atoms with E-state index in [2.05, 4.69) is 17.4 Å². The highest BCUT2D eigenvalue weighted by Gasteiger charge is 2.40. The Morgan fingerprint density at radius 1 is 1.18 bits per heavy atom. The Morgan fingerprint density at radius 3 is 2.12 bits per heavy atom. The van der Waals surface area contributed by atoms with Crippen LogP contribution in [0.15, 0.2) is 18.2 Å². The first-order valence-corrected chi connectivity index (χ1v) is 5.70. The van der Waals surface area contributed by atoms with Crippen LogP contribution in [-0.2, 0) is 10.2 Å². The number of hydrogen-bond acceptors (Lipinski definition) is 4. The van der Waals surface area contributed by atoms with Gasteiger partial charge in [0, 0.05) is 12.6 Å². The van der Waals surface area contributed by atoms with Crippen molar-refractivity contribution in [1.82, 2.24) is 5.32 Å². The van der Waals surface area contributed by atoms with Crippen molar-refractivity contribution in [2.24, 2.45) is 0 Å². The highest BCUT2D eigenvalue weighted by atomic mass is 16.5. The number of rotatable bonds is 5. The van der Waals surface area contributed by atoms with Gasteiger partial charge in [-0.3, -0.25) is 0 Å². The molecule has 0 unspecified atom stereocenters. The maximum atomic E-state index is 5.37. The summed E-state index contributed by atoms with van der Waals surface area (Å²) in [5.74, 6) is 1.64. The van der Waals surface area contributed by atoms with Gasteiger partial charge in [-0.15, -0.1) is 0 Å². The third-order valence-electron chi connectivity index (χ3n) is 3.24. The van der Waals surface area contributed by atoms with Gasteiger partial charge in [0.2, 0.25) is 0 Å². The van der Waals surface area contributed by atoms with Crippen molar-refractivity contribution in [3.8, 4) is 11.5 Å². The highest BCUT2D eigenvalue weighted by Crippen LogP contribution is 2.36. The lowest BCUT2D eigenvalue weighted by Gasteiger charge is -2.42. The molecule has 1 heterocycles. The first-order chi connectivity index (χ1) is 8.24. The minimum atomic E-state index is 0.0522. The Labute approximate surface area is 102 Å². The molecule has 1 saturated heterocycles. The van der Waals surface area contributed by atoms with Gasteiger partial charge in [-0.05, 0) is 24.7 Å². The quantitative estimate of drug-likeness (QED) is 0.835. The van der Waals surface area contributed by atoms with Crippen molar-refractivity contribution < 1.29 is 14.2 Å². The Morgan fingerprint density at radius 2 is 1.76 bits per heavy atom. The smallest absolute Gasteiger partial charge is 0.122 e. The predicted octanol–water partition coefficient (Wildman–Crippen LogP) is 1.19. The van der Waals surface area contributed by atoms with Crippen molar-refractivity contribution in [3.63, 3.8) is 0 Å². The standard InChI is InChI=1S/C13H19NO3/c1-14-7-13(8-17-9-13)10-4-11(15-2)6-12(5-10)16-3/h4-6,14H,7-9H2,1-3H3. The molecule has 1 aromatic rings. The molecule has 0 atom stereocenters. The summed E-state index contributed by atoms with van der Waals surface area (Å²) < 4.78 is 16.0. The van der Waals surface area contributed by atoms with Gasteiger partial charge in [0.1, 0.15) is 11.5 Å². The summed E-state index contributed by atoms with van der Waals surface area (Å²) in [6.07, 6.45) is 0. The third-order valence-corrected chi connectivity index (χ3v) is 3.24. The van der Waals surface area contributed by atoms with E-state index in [1.807, 2.05) is 13.1 Å². The molecule has 4 heteroatoms. The van der Waals surface area contributed by atoms with Gasteiger partial charge in [-0.2, -0.15) is 0 Å². The Hall–Kier alpha value is -1.26. The summed E-state index contributed by atoms with van der Waals surface area (Å²) in [7, 11) is 5.29. The molecule has 1 aliphatic rings. The molecule has 94 valence electrons. The van der Waals surface area contributed by atoms with Gasteiger partial charge in [0.05, 0.1) is 32.8 Å².